The third-order valence-corrected chi connectivity index (χ3v) is 2.38. The molecule has 0 fully saturated rings. The summed E-state index contributed by atoms with van der Waals surface area (Å²) in [5.74, 6) is -0.292. The molecule has 1 heterocycles. The molecule has 1 aromatic heterocycles. The Kier molecular flexibility index (Phi) is 2.98. The zero-order valence-corrected chi connectivity index (χ0v) is 9.60. The molecule has 18 heavy (non-hydrogen) atoms. The van der Waals surface area contributed by atoms with Crippen LogP contribution in [0.25, 0.3) is 0 Å². The van der Waals surface area contributed by atoms with E-state index in [4.69, 9.17) is 15.4 Å². The van der Waals surface area contributed by atoms with Crippen LogP contribution in [0.15, 0.2) is 29.0 Å². The van der Waals surface area contributed by atoms with Crippen LogP contribution in [-0.2, 0) is 0 Å². The maximum atomic E-state index is 11.8. The minimum Gasteiger partial charge on any atom is -0.438 e. The third kappa shape index (κ3) is 2.15. The fourth-order valence-corrected chi connectivity index (χ4v) is 1.45. The van der Waals surface area contributed by atoms with Crippen molar-refractivity contribution in [2.75, 3.05) is 11.1 Å². The summed E-state index contributed by atoms with van der Waals surface area (Å²) in [6.45, 7) is 1.67. The predicted molar refractivity (Wildman–Crippen MR) is 64.8 cm³/mol. The Bertz CT molecular complexity index is 640. The lowest BCUT2D eigenvalue weighted by Crippen LogP contribution is -2.13. The predicted octanol–water partition coefficient (Wildman–Crippen LogP) is 1.69. The molecule has 6 nitrogen and oxygen atoms in total. The van der Waals surface area contributed by atoms with Gasteiger partial charge in [-0.1, -0.05) is 0 Å². The molecule has 0 aliphatic carbocycles. The van der Waals surface area contributed by atoms with Crippen LogP contribution in [0, 0.1) is 18.3 Å². The molecule has 0 bridgehead atoms. The van der Waals surface area contributed by atoms with Crippen molar-refractivity contribution in [3.63, 3.8) is 0 Å². The number of anilines is 2. The molecule has 0 aliphatic heterocycles. The van der Waals surface area contributed by atoms with Gasteiger partial charge in [0, 0.05) is 0 Å². The quantitative estimate of drug-likeness (QED) is 0.779. The SMILES string of the molecule is Cc1ncoc1C(=O)Nc1ccc(C#N)cc1N. The monoisotopic (exact) mass is 242 g/mol. The molecule has 0 saturated heterocycles. The number of carbonyl (C=O) groups excluding carboxylic acids is 1. The van der Waals surface area contributed by atoms with Crippen molar-refractivity contribution in [1.29, 1.82) is 5.26 Å². The number of aromatic nitrogens is 1. The van der Waals surface area contributed by atoms with Crippen LogP contribution in [0.1, 0.15) is 21.8 Å². The smallest absolute Gasteiger partial charge is 0.293 e. The van der Waals surface area contributed by atoms with E-state index in [9.17, 15) is 4.79 Å². The highest BCUT2D eigenvalue weighted by molar-refractivity contribution is 6.04. The van der Waals surface area contributed by atoms with Gasteiger partial charge in [0.25, 0.3) is 5.91 Å². The second-order valence-corrected chi connectivity index (χ2v) is 3.63. The molecule has 0 saturated carbocycles. The van der Waals surface area contributed by atoms with Gasteiger partial charge in [0.1, 0.15) is 0 Å². The minimum atomic E-state index is -0.429. The zero-order chi connectivity index (χ0) is 13.1. The molecule has 0 radical (unpaired) electrons. The molecular weight excluding hydrogens is 232 g/mol. The molecule has 0 unspecified atom stereocenters. The molecule has 0 aliphatic rings. The second-order valence-electron chi connectivity index (χ2n) is 3.63. The third-order valence-electron chi connectivity index (χ3n) is 2.38. The first-order valence-electron chi connectivity index (χ1n) is 5.13. The lowest BCUT2D eigenvalue weighted by molar-refractivity contribution is 0.0996. The van der Waals surface area contributed by atoms with Crippen molar-refractivity contribution in [3.05, 3.63) is 41.6 Å². The van der Waals surface area contributed by atoms with E-state index >= 15 is 0 Å². The maximum absolute atomic E-state index is 11.8. The minimum absolute atomic E-state index is 0.138. The highest BCUT2D eigenvalue weighted by Gasteiger charge is 2.15. The van der Waals surface area contributed by atoms with Gasteiger partial charge in [-0.15, -0.1) is 0 Å². The number of rotatable bonds is 2. The maximum Gasteiger partial charge on any atom is 0.293 e. The molecule has 0 atom stereocenters. The summed E-state index contributed by atoms with van der Waals surface area (Å²) in [6, 6.07) is 6.59. The van der Waals surface area contributed by atoms with E-state index in [0.29, 0.717) is 22.6 Å². The highest BCUT2D eigenvalue weighted by atomic mass is 16.3. The number of hydrogen-bond acceptors (Lipinski definition) is 5. The fourth-order valence-electron chi connectivity index (χ4n) is 1.45. The Morgan fingerprint density at radius 2 is 2.33 bits per heavy atom. The lowest BCUT2D eigenvalue weighted by Gasteiger charge is -2.06. The summed E-state index contributed by atoms with van der Waals surface area (Å²) in [5, 5.41) is 11.3. The Balaban J connectivity index is 2.23. The average Bonchev–Trinajstić information content (AvgIpc) is 2.78. The Morgan fingerprint density at radius 1 is 1.56 bits per heavy atom. The van der Waals surface area contributed by atoms with Gasteiger partial charge < -0.3 is 15.5 Å². The number of nitriles is 1. The Labute approximate surface area is 103 Å². The summed E-state index contributed by atoms with van der Waals surface area (Å²) in [5.41, 5.74) is 7.40. The molecule has 0 spiro atoms. The van der Waals surface area contributed by atoms with Crippen LogP contribution in [0.3, 0.4) is 0 Å². The number of nitrogen functional groups attached to an aromatic ring is 1. The molecule has 1 amide bonds. The number of nitrogens with zero attached hydrogens (tertiary/aromatic N) is 2. The summed E-state index contributed by atoms with van der Waals surface area (Å²) in [6.07, 6.45) is 1.20. The van der Waals surface area contributed by atoms with E-state index in [-0.39, 0.29) is 5.76 Å². The van der Waals surface area contributed by atoms with Crippen LogP contribution in [-0.4, -0.2) is 10.9 Å². The molecule has 3 N–H and O–H groups in total. The van der Waals surface area contributed by atoms with Crippen LogP contribution in [0.4, 0.5) is 11.4 Å². The number of carbonyl (C=O) groups is 1. The van der Waals surface area contributed by atoms with E-state index in [1.54, 1.807) is 19.1 Å². The van der Waals surface area contributed by atoms with Gasteiger partial charge in [-0.25, -0.2) is 4.98 Å². The normalized spacial score (nSPS) is 9.78. The first-order valence-corrected chi connectivity index (χ1v) is 5.13. The van der Waals surface area contributed by atoms with Crippen molar-refractivity contribution in [1.82, 2.24) is 4.98 Å². The summed E-state index contributed by atoms with van der Waals surface area (Å²) < 4.78 is 4.97. The van der Waals surface area contributed by atoms with Gasteiger partial charge in [-0.3, -0.25) is 4.79 Å². The number of aryl methyl sites for hydroxylation is 1. The summed E-state index contributed by atoms with van der Waals surface area (Å²) >= 11 is 0. The molecule has 6 heteroatoms. The summed E-state index contributed by atoms with van der Waals surface area (Å²) in [4.78, 5) is 15.7. The van der Waals surface area contributed by atoms with Crippen LogP contribution < -0.4 is 11.1 Å². The largest absolute Gasteiger partial charge is 0.438 e. The van der Waals surface area contributed by atoms with Gasteiger partial charge in [0.15, 0.2) is 6.39 Å². The number of nitrogens with one attached hydrogen (secondary N) is 1. The van der Waals surface area contributed by atoms with E-state index in [2.05, 4.69) is 10.3 Å². The first kappa shape index (κ1) is 11.7. The van der Waals surface area contributed by atoms with Gasteiger partial charge in [-0.2, -0.15) is 5.26 Å². The van der Waals surface area contributed by atoms with Crippen LogP contribution in [0.5, 0.6) is 0 Å². The number of oxazole rings is 1. The van der Waals surface area contributed by atoms with Crippen molar-refractivity contribution >= 4 is 17.3 Å². The summed E-state index contributed by atoms with van der Waals surface area (Å²) in [7, 11) is 0. The van der Waals surface area contributed by atoms with Crippen molar-refractivity contribution < 1.29 is 9.21 Å². The zero-order valence-electron chi connectivity index (χ0n) is 9.60. The standard InChI is InChI=1S/C12H10N4O2/c1-7-11(18-6-15-7)12(17)16-10-3-2-8(5-13)4-9(10)14/h2-4,6H,14H2,1H3,(H,16,17). The average molecular weight is 242 g/mol. The topological polar surface area (TPSA) is 105 Å². The molecule has 1 aromatic carbocycles. The number of amides is 1. The fraction of sp³-hybridized carbons (Fsp3) is 0.0833. The number of benzene rings is 1. The van der Waals surface area contributed by atoms with Gasteiger partial charge in [0.2, 0.25) is 5.76 Å². The van der Waals surface area contributed by atoms with E-state index in [1.165, 1.54) is 12.5 Å². The lowest BCUT2D eigenvalue weighted by atomic mass is 10.2. The van der Waals surface area contributed by atoms with Crippen LogP contribution >= 0.6 is 0 Å². The van der Waals surface area contributed by atoms with Gasteiger partial charge >= 0.3 is 0 Å². The highest BCUT2D eigenvalue weighted by Crippen LogP contribution is 2.20. The van der Waals surface area contributed by atoms with E-state index < -0.39 is 5.91 Å². The molecule has 2 rings (SSSR count). The van der Waals surface area contributed by atoms with E-state index in [0.717, 1.165) is 0 Å². The van der Waals surface area contributed by atoms with Crippen LogP contribution in [0.2, 0.25) is 0 Å². The number of hydrogen-bond donors (Lipinski definition) is 2. The van der Waals surface area contributed by atoms with Gasteiger partial charge in [-0.05, 0) is 25.1 Å². The molecular formula is C12H10N4O2. The Morgan fingerprint density at radius 3 is 2.89 bits per heavy atom. The Hall–Kier alpha value is -2.81. The molecule has 90 valence electrons. The van der Waals surface area contributed by atoms with Crippen molar-refractivity contribution in [2.45, 2.75) is 6.92 Å². The number of nitrogens with two attached hydrogens (primary N) is 1. The first-order chi connectivity index (χ1) is 8.61. The van der Waals surface area contributed by atoms with E-state index in [1.807, 2.05) is 6.07 Å². The van der Waals surface area contributed by atoms with Crippen molar-refractivity contribution in [2.24, 2.45) is 0 Å². The second kappa shape index (κ2) is 4.59. The van der Waals surface area contributed by atoms with Gasteiger partial charge in [0.05, 0.1) is 28.7 Å². The molecule has 2 aromatic rings. The van der Waals surface area contributed by atoms with Crippen molar-refractivity contribution in [3.8, 4) is 6.07 Å².